The molecule has 6 heteroatoms. The van der Waals surface area contributed by atoms with Crippen molar-refractivity contribution in [3.63, 3.8) is 0 Å². The first-order chi connectivity index (χ1) is 10.4. The van der Waals surface area contributed by atoms with Crippen LogP contribution in [0.4, 0.5) is 0 Å². The molecule has 4 rings (SSSR count). The predicted octanol–water partition coefficient (Wildman–Crippen LogP) is 2.25. The van der Waals surface area contributed by atoms with Gasteiger partial charge in [-0.1, -0.05) is 0 Å². The summed E-state index contributed by atoms with van der Waals surface area (Å²) >= 11 is 0. The second kappa shape index (κ2) is 4.75. The molecular formula is C15H10N6. The summed E-state index contributed by atoms with van der Waals surface area (Å²) in [6, 6.07) is 9.52. The molecule has 0 atom stereocenters. The van der Waals surface area contributed by atoms with Crippen molar-refractivity contribution in [1.29, 1.82) is 0 Å². The third-order valence-corrected chi connectivity index (χ3v) is 3.14. The van der Waals surface area contributed by atoms with E-state index in [0.29, 0.717) is 11.6 Å². The van der Waals surface area contributed by atoms with Crippen LogP contribution in [0.5, 0.6) is 0 Å². The van der Waals surface area contributed by atoms with Crippen molar-refractivity contribution in [2.75, 3.05) is 0 Å². The highest BCUT2D eigenvalue weighted by Gasteiger charge is 2.11. The second-order valence-corrected chi connectivity index (χ2v) is 4.45. The summed E-state index contributed by atoms with van der Waals surface area (Å²) in [5, 5.41) is 4.55. The Hall–Kier alpha value is -3.15. The average molecular weight is 274 g/mol. The lowest BCUT2D eigenvalue weighted by Crippen LogP contribution is -1.96. The largest absolute Gasteiger partial charge is 0.265 e. The molecule has 0 aromatic carbocycles. The highest BCUT2D eigenvalue weighted by molar-refractivity contribution is 5.62. The Morgan fingerprint density at radius 3 is 2.52 bits per heavy atom. The number of hydrogen-bond donors (Lipinski definition) is 0. The van der Waals surface area contributed by atoms with Crippen molar-refractivity contribution in [2.24, 2.45) is 0 Å². The summed E-state index contributed by atoms with van der Waals surface area (Å²) in [6.07, 6.45) is 8.70. The Bertz CT molecular complexity index is 886. The van der Waals surface area contributed by atoms with Crippen molar-refractivity contribution in [3.05, 3.63) is 61.3 Å². The van der Waals surface area contributed by atoms with E-state index in [0.717, 1.165) is 16.8 Å². The van der Waals surface area contributed by atoms with Crippen LogP contribution in [0.1, 0.15) is 0 Å². The summed E-state index contributed by atoms with van der Waals surface area (Å²) in [5.41, 5.74) is 2.78. The summed E-state index contributed by atoms with van der Waals surface area (Å²) in [5.74, 6) is 1.18. The van der Waals surface area contributed by atoms with Crippen molar-refractivity contribution in [3.8, 4) is 22.6 Å². The zero-order chi connectivity index (χ0) is 14.1. The van der Waals surface area contributed by atoms with Crippen LogP contribution >= 0.6 is 0 Å². The number of fused-ring (bicyclic) bond motifs is 1. The minimum atomic E-state index is 0.558. The van der Waals surface area contributed by atoms with Crippen LogP contribution in [0.15, 0.2) is 61.3 Å². The smallest absolute Gasteiger partial charge is 0.253 e. The van der Waals surface area contributed by atoms with E-state index in [1.807, 2.05) is 30.3 Å². The van der Waals surface area contributed by atoms with Gasteiger partial charge in [0.05, 0.1) is 5.69 Å². The van der Waals surface area contributed by atoms with Gasteiger partial charge in [0.2, 0.25) is 0 Å². The molecule has 100 valence electrons. The molecule has 0 radical (unpaired) electrons. The maximum Gasteiger partial charge on any atom is 0.253 e. The summed E-state index contributed by atoms with van der Waals surface area (Å²) in [7, 11) is 0. The average Bonchev–Trinajstić information content (AvgIpc) is 3.00. The molecule has 0 unspecified atom stereocenters. The third kappa shape index (κ3) is 2.02. The molecule has 6 nitrogen and oxygen atoms in total. The van der Waals surface area contributed by atoms with Gasteiger partial charge in [-0.15, -0.1) is 5.10 Å². The van der Waals surface area contributed by atoms with E-state index in [-0.39, 0.29) is 0 Å². The first kappa shape index (κ1) is 11.7. The van der Waals surface area contributed by atoms with E-state index in [9.17, 15) is 0 Å². The molecule has 4 heterocycles. The van der Waals surface area contributed by atoms with Crippen molar-refractivity contribution >= 4 is 5.78 Å². The van der Waals surface area contributed by atoms with Crippen LogP contribution < -0.4 is 0 Å². The Balaban J connectivity index is 1.93. The minimum absolute atomic E-state index is 0.558. The van der Waals surface area contributed by atoms with Crippen LogP contribution in [0, 0.1) is 0 Å². The normalized spacial score (nSPS) is 10.9. The van der Waals surface area contributed by atoms with Crippen LogP contribution in [0.3, 0.4) is 0 Å². The van der Waals surface area contributed by atoms with Crippen LogP contribution in [-0.2, 0) is 0 Å². The van der Waals surface area contributed by atoms with Gasteiger partial charge in [0, 0.05) is 42.1 Å². The highest BCUT2D eigenvalue weighted by atomic mass is 15.3. The fourth-order valence-electron chi connectivity index (χ4n) is 2.15. The van der Waals surface area contributed by atoms with Crippen molar-refractivity contribution in [2.45, 2.75) is 0 Å². The van der Waals surface area contributed by atoms with Gasteiger partial charge in [-0.05, 0) is 30.3 Å². The SMILES string of the molecule is c1cncc(-c2ccnc3nc(-c4ccncc4)nn23)c1. The van der Waals surface area contributed by atoms with Crippen LogP contribution in [0.25, 0.3) is 28.4 Å². The fourth-order valence-corrected chi connectivity index (χ4v) is 2.15. The van der Waals surface area contributed by atoms with Gasteiger partial charge in [0.25, 0.3) is 5.78 Å². The Kier molecular flexibility index (Phi) is 2.64. The molecule has 0 saturated heterocycles. The zero-order valence-corrected chi connectivity index (χ0v) is 11.0. The second-order valence-electron chi connectivity index (χ2n) is 4.45. The molecule has 0 aliphatic heterocycles. The number of aromatic nitrogens is 6. The minimum Gasteiger partial charge on any atom is -0.265 e. The Morgan fingerprint density at radius 1 is 0.810 bits per heavy atom. The number of nitrogens with zero attached hydrogens (tertiary/aromatic N) is 6. The van der Waals surface area contributed by atoms with Gasteiger partial charge in [0.15, 0.2) is 5.82 Å². The van der Waals surface area contributed by atoms with E-state index in [1.165, 1.54) is 0 Å². The first-order valence-corrected chi connectivity index (χ1v) is 6.44. The number of pyridine rings is 2. The Morgan fingerprint density at radius 2 is 1.71 bits per heavy atom. The highest BCUT2D eigenvalue weighted by Crippen LogP contribution is 2.20. The van der Waals surface area contributed by atoms with E-state index < -0.39 is 0 Å². The van der Waals surface area contributed by atoms with Crippen LogP contribution in [0.2, 0.25) is 0 Å². The first-order valence-electron chi connectivity index (χ1n) is 6.44. The van der Waals surface area contributed by atoms with Gasteiger partial charge < -0.3 is 0 Å². The lowest BCUT2D eigenvalue weighted by molar-refractivity contribution is 0.949. The zero-order valence-electron chi connectivity index (χ0n) is 11.0. The molecule has 4 aromatic rings. The van der Waals surface area contributed by atoms with Crippen molar-refractivity contribution in [1.82, 2.24) is 29.5 Å². The maximum atomic E-state index is 4.55. The molecule has 4 aromatic heterocycles. The molecule has 0 amide bonds. The topological polar surface area (TPSA) is 68.9 Å². The van der Waals surface area contributed by atoms with E-state index >= 15 is 0 Å². The number of rotatable bonds is 2. The van der Waals surface area contributed by atoms with Crippen molar-refractivity contribution < 1.29 is 0 Å². The molecule has 0 fully saturated rings. The van der Waals surface area contributed by atoms with E-state index in [4.69, 9.17) is 0 Å². The molecule has 0 spiro atoms. The van der Waals surface area contributed by atoms with E-state index in [1.54, 1.807) is 35.5 Å². The van der Waals surface area contributed by atoms with Crippen LogP contribution in [-0.4, -0.2) is 29.5 Å². The molecular weight excluding hydrogens is 264 g/mol. The maximum absolute atomic E-state index is 4.55. The van der Waals surface area contributed by atoms with Gasteiger partial charge in [-0.2, -0.15) is 9.50 Å². The predicted molar refractivity (Wildman–Crippen MR) is 77.2 cm³/mol. The van der Waals surface area contributed by atoms with Gasteiger partial charge in [-0.3, -0.25) is 9.97 Å². The molecule has 0 N–H and O–H groups in total. The monoisotopic (exact) mass is 274 g/mol. The lowest BCUT2D eigenvalue weighted by atomic mass is 10.2. The fraction of sp³-hybridized carbons (Fsp3) is 0. The van der Waals surface area contributed by atoms with E-state index in [2.05, 4.69) is 25.0 Å². The third-order valence-electron chi connectivity index (χ3n) is 3.14. The molecule has 0 bridgehead atoms. The molecule has 0 aliphatic carbocycles. The molecule has 21 heavy (non-hydrogen) atoms. The Labute approximate surface area is 120 Å². The molecule has 0 saturated carbocycles. The standard InChI is InChI=1S/C15H10N6/c1-2-12(10-17-6-1)13-5-9-18-15-19-14(20-21(13)15)11-3-7-16-8-4-11/h1-10H. The van der Waals surface area contributed by atoms with Gasteiger partial charge >= 0.3 is 0 Å². The summed E-state index contributed by atoms with van der Waals surface area (Å²) in [4.78, 5) is 16.9. The molecule has 0 aliphatic rings. The number of hydrogen-bond acceptors (Lipinski definition) is 5. The quantitative estimate of drug-likeness (QED) is 0.560. The summed E-state index contributed by atoms with van der Waals surface area (Å²) < 4.78 is 1.73. The van der Waals surface area contributed by atoms with Gasteiger partial charge in [-0.25, -0.2) is 4.98 Å². The summed E-state index contributed by atoms with van der Waals surface area (Å²) in [6.45, 7) is 0. The van der Waals surface area contributed by atoms with Gasteiger partial charge in [0.1, 0.15) is 0 Å². The lowest BCUT2D eigenvalue weighted by Gasteiger charge is -2.01.